The number of hydrogen-bond donors (Lipinski definition) is 2. The van der Waals surface area contributed by atoms with Crippen LogP contribution in [0.1, 0.15) is 24.5 Å². The molecule has 0 saturated heterocycles. The van der Waals surface area contributed by atoms with Crippen molar-refractivity contribution in [1.82, 2.24) is 9.78 Å². The SMILES string of the molecule is CCCn1[nH]cc(-c2ccc(C#N)cc2CN)c1=O. The Labute approximate surface area is 111 Å². The molecule has 1 aromatic carbocycles. The number of benzene rings is 1. The predicted molar refractivity (Wildman–Crippen MR) is 73.4 cm³/mol. The standard InChI is InChI=1S/C14H16N4O/c1-2-5-18-14(19)13(9-17-18)12-4-3-10(7-15)6-11(12)8-16/h3-4,6,9,17H,2,5,8,16H2,1H3. The van der Waals surface area contributed by atoms with Gasteiger partial charge in [-0.25, -0.2) is 0 Å². The molecule has 2 aromatic rings. The maximum atomic E-state index is 12.2. The highest BCUT2D eigenvalue weighted by Crippen LogP contribution is 2.21. The lowest BCUT2D eigenvalue weighted by atomic mass is 10.00. The molecule has 1 heterocycles. The monoisotopic (exact) mass is 256 g/mol. The molecule has 0 saturated carbocycles. The molecule has 5 nitrogen and oxygen atoms in total. The van der Waals surface area contributed by atoms with E-state index in [0.717, 1.165) is 17.5 Å². The molecule has 1 aromatic heterocycles. The van der Waals surface area contributed by atoms with Gasteiger partial charge in [0, 0.05) is 19.3 Å². The lowest BCUT2D eigenvalue weighted by molar-refractivity contribution is 0.585. The summed E-state index contributed by atoms with van der Waals surface area (Å²) in [6.45, 7) is 2.97. The van der Waals surface area contributed by atoms with Crippen molar-refractivity contribution in [3.63, 3.8) is 0 Å². The second kappa shape index (κ2) is 5.55. The van der Waals surface area contributed by atoms with Crippen molar-refractivity contribution in [2.75, 3.05) is 0 Å². The van der Waals surface area contributed by atoms with Crippen molar-refractivity contribution in [1.29, 1.82) is 5.26 Å². The van der Waals surface area contributed by atoms with Crippen molar-refractivity contribution in [2.45, 2.75) is 26.4 Å². The van der Waals surface area contributed by atoms with E-state index in [4.69, 9.17) is 11.0 Å². The first-order chi connectivity index (χ1) is 9.21. The van der Waals surface area contributed by atoms with E-state index in [0.29, 0.717) is 24.2 Å². The van der Waals surface area contributed by atoms with E-state index < -0.39 is 0 Å². The van der Waals surface area contributed by atoms with Crippen molar-refractivity contribution >= 4 is 0 Å². The van der Waals surface area contributed by atoms with Gasteiger partial charge < -0.3 is 10.8 Å². The van der Waals surface area contributed by atoms with Gasteiger partial charge in [-0.1, -0.05) is 13.0 Å². The Hall–Kier alpha value is -2.32. The Morgan fingerprint density at radius 1 is 1.42 bits per heavy atom. The molecule has 0 atom stereocenters. The minimum Gasteiger partial charge on any atom is -0.326 e. The maximum Gasteiger partial charge on any atom is 0.274 e. The molecule has 0 aliphatic heterocycles. The molecule has 98 valence electrons. The van der Waals surface area contributed by atoms with Crippen LogP contribution in [0.15, 0.2) is 29.2 Å². The number of nitrogens with zero attached hydrogens (tertiary/aromatic N) is 2. The normalized spacial score (nSPS) is 10.4. The Morgan fingerprint density at radius 2 is 2.21 bits per heavy atom. The minimum atomic E-state index is -0.0544. The van der Waals surface area contributed by atoms with Crippen LogP contribution in [0.4, 0.5) is 0 Å². The fraction of sp³-hybridized carbons (Fsp3) is 0.286. The number of nitrogens with one attached hydrogen (secondary N) is 1. The highest BCUT2D eigenvalue weighted by molar-refractivity contribution is 5.67. The Bertz CT molecular complexity index is 675. The number of hydrogen-bond acceptors (Lipinski definition) is 3. The number of nitriles is 1. The van der Waals surface area contributed by atoms with E-state index in [1.165, 1.54) is 0 Å². The number of aromatic nitrogens is 2. The lowest BCUT2D eigenvalue weighted by Gasteiger charge is -2.05. The van der Waals surface area contributed by atoms with Crippen LogP contribution < -0.4 is 11.3 Å². The molecule has 3 N–H and O–H groups in total. The molecular formula is C14H16N4O. The van der Waals surface area contributed by atoms with Crippen molar-refractivity contribution < 1.29 is 0 Å². The number of aromatic amines is 1. The lowest BCUT2D eigenvalue weighted by Crippen LogP contribution is -2.18. The summed E-state index contributed by atoms with van der Waals surface area (Å²) in [6.07, 6.45) is 2.58. The zero-order chi connectivity index (χ0) is 13.8. The van der Waals surface area contributed by atoms with Gasteiger partial charge in [-0.2, -0.15) is 5.26 Å². The molecule has 0 amide bonds. The zero-order valence-corrected chi connectivity index (χ0v) is 10.8. The Balaban J connectivity index is 2.53. The van der Waals surface area contributed by atoms with Crippen LogP contribution in [0.3, 0.4) is 0 Å². The molecule has 19 heavy (non-hydrogen) atoms. The van der Waals surface area contributed by atoms with E-state index in [1.807, 2.05) is 6.92 Å². The van der Waals surface area contributed by atoms with Gasteiger partial charge in [-0.15, -0.1) is 0 Å². The first kappa shape index (κ1) is 13.1. The summed E-state index contributed by atoms with van der Waals surface area (Å²) >= 11 is 0. The second-order valence-electron chi connectivity index (χ2n) is 4.33. The quantitative estimate of drug-likeness (QED) is 0.870. The van der Waals surface area contributed by atoms with E-state index >= 15 is 0 Å². The van der Waals surface area contributed by atoms with E-state index in [2.05, 4.69) is 11.2 Å². The van der Waals surface area contributed by atoms with Gasteiger partial charge in [0.05, 0.1) is 17.2 Å². The van der Waals surface area contributed by atoms with Crippen molar-refractivity contribution in [2.24, 2.45) is 5.73 Å². The molecule has 0 bridgehead atoms. The van der Waals surface area contributed by atoms with Gasteiger partial charge >= 0.3 is 0 Å². The van der Waals surface area contributed by atoms with E-state index in [9.17, 15) is 4.79 Å². The topological polar surface area (TPSA) is 87.6 Å². The summed E-state index contributed by atoms with van der Waals surface area (Å²) in [5.41, 5.74) is 8.38. The highest BCUT2D eigenvalue weighted by atomic mass is 16.1. The highest BCUT2D eigenvalue weighted by Gasteiger charge is 2.12. The Morgan fingerprint density at radius 3 is 2.84 bits per heavy atom. The summed E-state index contributed by atoms with van der Waals surface area (Å²) < 4.78 is 1.58. The van der Waals surface area contributed by atoms with Crippen LogP contribution in [0.5, 0.6) is 0 Å². The third kappa shape index (κ3) is 2.44. The van der Waals surface area contributed by atoms with E-state index in [-0.39, 0.29) is 5.56 Å². The average Bonchev–Trinajstić information content (AvgIpc) is 2.80. The number of rotatable bonds is 4. The number of nitrogens with two attached hydrogens (primary N) is 1. The molecular weight excluding hydrogens is 240 g/mol. The van der Waals surface area contributed by atoms with Crippen molar-refractivity contribution in [3.05, 3.63) is 45.9 Å². The van der Waals surface area contributed by atoms with Gasteiger partial charge in [0.1, 0.15) is 0 Å². The van der Waals surface area contributed by atoms with Crippen LogP contribution in [0.2, 0.25) is 0 Å². The van der Waals surface area contributed by atoms with Crippen LogP contribution in [0, 0.1) is 11.3 Å². The maximum absolute atomic E-state index is 12.2. The van der Waals surface area contributed by atoms with Gasteiger partial charge in [0.25, 0.3) is 5.56 Å². The second-order valence-corrected chi connectivity index (χ2v) is 4.33. The average molecular weight is 256 g/mol. The van der Waals surface area contributed by atoms with Crippen LogP contribution in [-0.2, 0) is 13.1 Å². The number of aryl methyl sites for hydroxylation is 1. The first-order valence-electron chi connectivity index (χ1n) is 6.23. The molecule has 2 rings (SSSR count). The third-order valence-corrected chi connectivity index (χ3v) is 3.03. The summed E-state index contributed by atoms with van der Waals surface area (Å²) in [4.78, 5) is 12.2. The van der Waals surface area contributed by atoms with E-state index in [1.54, 1.807) is 29.1 Å². The fourth-order valence-corrected chi connectivity index (χ4v) is 2.09. The molecule has 0 aliphatic rings. The largest absolute Gasteiger partial charge is 0.326 e. The Kier molecular flexibility index (Phi) is 3.83. The predicted octanol–water partition coefficient (Wildman–Crippen LogP) is 1.58. The summed E-state index contributed by atoms with van der Waals surface area (Å²) in [6, 6.07) is 7.28. The first-order valence-corrected chi connectivity index (χ1v) is 6.23. The van der Waals surface area contributed by atoms with Crippen LogP contribution in [-0.4, -0.2) is 9.78 Å². The molecule has 0 radical (unpaired) electrons. The minimum absolute atomic E-state index is 0.0544. The van der Waals surface area contributed by atoms with Gasteiger partial charge in [-0.05, 0) is 29.7 Å². The fourth-order valence-electron chi connectivity index (χ4n) is 2.09. The molecule has 0 spiro atoms. The molecule has 0 fully saturated rings. The summed E-state index contributed by atoms with van der Waals surface area (Å²) in [7, 11) is 0. The number of H-pyrrole nitrogens is 1. The molecule has 0 unspecified atom stereocenters. The zero-order valence-electron chi connectivity index (χ0n) is 10.8. The summed E-state index contributed by atoms with van der Waals surface area (Å²) in [5, 5.41) is 11.8. The summed E-state index contributed by atoms with van der Waals surface area (Å²) in [5.74, 6) is 0. The van der Waals surface area contributed by atoms with Gasteiger partial charge in [0.15, 0.2) is 0 Å². The molecule has 0 aliphatic carbocycles. The van der Waals surface area contributed by atoms with Crippen LogP contribution >= 0.6 is 0 Å². The third-order valence-electron chi connectivity index (χ3n) is 3.03. The van der Waals surface area contributed by atoms with Crippen LogP contribution in [0.25, 0.3) is 11.1 Å². The van der Waals surface area contributed by atoms with Gasteiger partial charge in [-0.3, -0.25) is 9.48 Å². The van der Waals surface area contributed by atoms with Gasteiger partial charge in [0.2, 0.25) is 0 Å². The smallest absolute Gasteiger partial charge is 0.274 e. The van der Waals surface area contributed by atoms with Crippen molar-refractivity contribution in [3.8, 4) is 17.2 Å². The molecule has 5 heteroatoms.